The van der Waals surface area contributed by atoms with Crippen molar-refractivity contribution in [2.75, 3.05) is 0 Å². The fraction of sp³-hybridized carbons (Fsp3) is 0.714. The Hall–Kier alpha value is -1.32. The van der Waals surface area contributed by atoms with E-state index in [-0.39, 0.29) is 11.2 Å². The van der Waals surface area contributed by atoms with Crippen molar-refractivity contribution < 1.29 is 14.3 Å². The van der Waals surface area contributed by atoms with Gasteiger partial charge in [0.25, 0.3) is 0 Å². The first-order chi connectivity index (χ1) is 8.60. The van der Waals surface area contributed by atoms with Crippen LogP contribution >= 0.6 is 0 Å². The van der Waals surface area contributed by atoms with Gasteiger partial charge >= 0.3 is 5.97 Å². The van der Waals surface area contributed by atoms with Crippen LogP contribution in [0.25, 0.3) is 0 Å². The maximum absolute atomic E-state index is 11.2. The highest BCUT2D eigenvalue weighted by atomic mass is 16.4. The number of aromatic carboxylic acids is 1. The molecule has 0 radical (unpaired) electrons. The summed E-state index contributed by atoms with van der Waals surface area (Å²) < 4.78 is 5.61. The number of hydrogen-bond donors (Lipinski definition) is 1. The quantitative estimate of drug-likeness (QED) is 0.890. The van der Waals surface area contributed by atoms with E-state index in [9.17, 15) is 9.90 Å². The summed E-state index contributed by atoms with van der Waals surface area (Å²) in [6.45, 7) is 2.15. The van der Waals surface area contributed by atoms with Crippen LogP contribution in [-0.2, 0) is 5.41 Å². The molecule has 3 rings (SSSR count). The second-order valence-electron chi connectivity index (χ2n) is 5.93. The van der Waals surface area contributed by atoms with Crippen LogP contribution < -0.4 is 0 Å². The molecule has 0 amide bonds. The number of hydrogen-bond acceptors (Lipinski definition) is 3. The standard InChI is InChI=1S/C14H19NO3/c1-14(7-3-2-4-8-14)13-15-10(9-5-6-9)11(18-13)12(16)17/h9H,2-8H2,1H3,(H,16,17). The van der Waals surface area contributed by atoms with Crippen LogP contribution in [0.15, 0.2) is 4.42 Å². The first-order valence-corrected chi connectivity index (χ1v) is 6.85. The van der Waals surface area contributed by atoms with Gasteiger partial charge in [-0.2, -0.15) is 0 Å². The maximum atomic E-state index is 11.2. The van der Waals surface area contributed by atoms with Crippen molar-refractivity contribution in [1.82, 2.24) is 4.98 Å². The van der Waals surface area contributed by atoms with Gasteiger partial charge in [-0.15, -0.1) is 0 Å². The Morgan fingerprint density at radius 3 is 2.56 bits per heavy atom. The second-order valence-corrected chi connectivity index (χ2v) is 5.93. The molecule has 2 fully saturated rings. The molecule has 1 aromatic heterocycles. The zero-order valence-corrected chi connectivity index (χ0v) is 10.7. The highest BCUT2D eigenvalue weighted by Crippen LogP contribution is 2.44. The molecule has 18 heavy (non-hydrogen) atoms. The third-order valence-electron chi connectivity index (χ3n) is 4.29. The van der Waals surface area contributed by atoms with E-state index in [1.54, 1.807) is 0 Å². The molecule has 0 aromatic carbocycles. The molecule has 0 atom stereocenters. The predicted molar refractivity (Wildman–Crippen MR) is 65.9 cm³/mol. The van der Waals surface area contributed by atoms with Crippen LogP contribution in [0.5, 0.6) is 0 Å². The summed E-state index contributed by atoms with van der Waals surface area (Å²) in [6, 6.07) is 0. The number of aromatic nitrogens is 1. The predicted octanol–water partition coefficient (Wildman–Crippen LogP) is 3.47. The van der Waals surface area contributed by atoms with E-state index in [0.29, 0.717) is 17.5 Å². The van der Waals surface area contributed by atoms with Crippen LogP contribution in [0.4, 0.5) is 0 Å². The molecule has 2 aliphatic rings. The van der Waals surface area contributed by atoms with Crippen LogP contribution in [-0.4, -0.2) is 16.1 Å². The maximum Gasteiger partial charge on any atom is 0.373 e. The number of carboxylic acid groups (broad SMARTS) is 1. The lowest BCUT2D eigenvalue weighted by molar-refractivity contribution is 0.0654. The first kappa shape index (κ1) is 11.8. The first-order valence-electron chi connectivity index (χ1n) is 6.85. The van der Waals surface area contributed by atoms with Gasteiger partial charge in [0.1, 0.15) is 0 Å². The number of nitrogens with zero attached hydrogens (tertiary/aromatic N) is 1. The minimum Gasteiger partial charge on any atom is -0.475 e. The Bertz CT molecular complexity index is 467. The Morgan fingerprint density at radius 1 is 1.33 bits per heavy atom. The zero-order valence-electron chi connectivity index (χ0n) is 10.7. The molecule has 2 saturated carbocycles. The lowest BCUT2D eigenvalue weighted by Gasteiger charge is -2.30. The zero-order chi connectivity index (χ0) is 12.8. The third kappa shape index (κ3) is 1.93. The van der Waals surface area contributed by atoms with Crippen molar-refractivity contribution in [3.05, 3.63) is 17.3 Å². The molecule has 4 heteroatoms. The average molecular weight is 249 g/mol. The molecule has 98 valence electrons. The van der Waals surface area contributed by atoms with Gasteiger partial charge in [0.05, 0.1) is 5.69 Å². The number of carbonyl (C=O) groups is 1. The molecule has 1 aromatic rings. The summed E-state index contributed by atoms with van der Waals surface area (Å²) in [4.78, 5) is 15.8. The molecular weight excluding hydrogens is 230 g/mol. The van der Waals surface area contributed by atoms with E-state index >= 15 is 0 Å². The largest absolute Gasteiger partial charge is 0.475 e. The lowest BCUT2D eigenvalue weighted by Crippen LogP contribution is -2.25. The number of carboxylic acids is 1. The summed E-state index contributed by atoms with van der Waals surface area (Å²) in [5.41, 5.74) is 0.625. The SMILES string of the molecule is CC1(c2nc(C3CC3)c(C(=O)O)o2)CCCCC1. The molecular formula is C14H19NO3. The topological polar surface area (TPSA) is 63.3 Å². The molecule has 1 N–H and O–H groups in total. The van der Waals surface area contributed by atoms with Crippen molar-refractivity contribution in [2.24, 2.45) is 0 Å². The van der Waals surface area contributed by atoms with E-state index in [4.69, 9.17) is 4.42 Å². The summed E-state index contributed by atoms with van der Waals surface area (Å²) in [6.07, 6.45) is 7.82. The van der Waals surface area contributed by atoms with Crippen molar-refractivity contribution in [2.45, 2.75) is 63.2 Å². The minimum atomic E-state index is -0.977. The van der Waals surface area contributed by atoms with Gasteiger partial charge in [0.15, 0.2) is 0 Å². The molecule has 0 saturated heterocycles. The Kier molecular flexibility index (Phi) is 2.68. The van der Waals surface area contributed by atoms with Gasteiger partial charge in [0, 0.05) is 11.3 Å². The highest BCUT2D eigenvalue weighted by Gasteiger charge is 2.39. The smallest absolute Gasteiger partial charge is 0.373 e. The van der Waals surface area contributed by atoms with Crippen molar-refractivity contribution in [1.29, 1.82) is 0 Å². The summed E-state index contributed by atoms with van der Waals surface area (Å²) in [5.74, 6) is 0.0802. The van der Waals surface area contributed by atoms with Gasteiger partial charge in [-0.25, -0.2) is 9.78 Å². The molecule has 2 aliphatic carbocycles. The molecule has 0 bridgehead atoms. The normalized spacial score (nSPS) is 22.9. The Labute approximate surface area is 106 Å². The van der Waals surface area contributed by atoms with Gasteiger partial charge in [0.2, 0.25) is 11.7 Å². The van der Waals surface area contributed by atoms with Crippen LogP contribution in [0, 0.1) is 0 Å². The highest BCUT2D eigenvalue weighted by molar-refractivity contribution is 5.86. The van der Waals surface area contributed by atoms with Gasteiger partial charge in [-0.1, -0.05) is 26.2 Å². The molecule has 4 nitrogen and oxygen atoms in total. The molecule has 0 spiro atoms. The van der Waals surface area contributed by atoms with Gasteiger partial charge < -0.3 is 9.52 Å². The van der Waals surface area contributed by atoms with Crippen molar-refractivity contribution >= 4 is 5.97 Å². The van der Waals surface area contributed by atoms with Gasteiger partial charge in [-0.05, 0) is 25.7 Å². The molecule has 0 aliphatic heterocycles. The third-order valence-corrected chi connectivity index (χ3v) is 4.29. The second kappa shape index (κ2) is 4.11. The minimum absolute atomic E-state index is 0.0599. The van der Waals surface area contributed by atoms with Crippen molar-refractivity contribution in [3.63, 3.8) is 0 Å². The van der Waals surface area contributed by atoms with E-state index in [1.165, 1.54) is 19.3 Å². The van der Waals surface area contributed by atoms with E-state index in [2.05, 4.69) is 11.9 Å². The van der Waals surface area contributed by atoms with E-state index in [1.807, 2.05) is 0 Å². The average Bonchev–Trinajstić information content (AvgIpc) is 3.08. The monoisotopic (exact) mass is 249 g/mol. The molecule has 1 heterocycles. The van der Waals surface area contributed by atoms with Crippen molar-refractivity contribution in [3.8, 4) is 0 Å². The van der Waals surface area contributed by atoms with E-state index < -0.39 is 5.97 Å². The van der Waals surface area contributed by atoms with E-state index in [0.717, 1.165) is 25.7 Å². The summed E-state index contributed by atoms with van der Waals surface area (Å²) in [7, 11) is 0. The number of oxazole rings is 1. The van der Waals surface area contributed by atoms with Crippen LogP contribution in [0.1, 0.15) is 79.9 Å². The summed E-state index contributed by atoms with van der Waals surface area (Å²) in [5, 5.41) is 9.20. The Balaban J connectivity index is 1.96. The lowest BCUT2D eigenvalue weighted by atomic mass is 9.75. The fourth-order valence-electron chi connectivity index (χ4n) is 2.92. The van der Waals surface area contributed by atoms with Crippen LogP contribution in [0.3, 0.4) is 0 Å². The molecule has 0 unspecified atom stereocenters. The van der Waals surface area contributed by atoms with Crippen LogP contribution in [0.2, 0.25) is 0 Å². The van der Waals surface area contributed by atoms with Gasteiger partial charge in [-0.3, -0.25) is 0 Å². The Morgan fingerprint density at radius 2 is 2.00 bits per heavy atom. The summed E-state index contributed by atoms with van der Waals surface area (Å²) >= 11 is 0. The fourth-order valence-corrected chi connectivity index (χ4v) is 2.92. The number of rotatable bonds is 3.